The van der Waals surface area contributed by atoms with Crippen LogP contribution in [-0.2, 0) is 9.47 Å². The second kappa shape index (κ2) is 10.4. The Morgan fingerprint density at radius 3 is 2.64 bits per heavy atom. The number of carbonyl (C=O) groups is 2. The van der Waals surface area contributed by atoms with Gasteiger partial charge in [-0.25, -0.2) is 4.79 Å². The van der Waals surface area contributed by atoms with Gasteiger partial charge in [0.15, 0.2) is 0 Å². The van der Waals surface area contributed by atoms with Crippen molar-refractivity contribution in [2.24, 2.45) is 0 Å². The second-order valence-corrected chi connectivity index (χ2v) is 7.97. The molecular weight excluding hydrogens is 360 g/mol. The second-order valence-electron chi connectivity index (χ2n) is 7.97. The van der Waals surface area contributed by atoms with E-state index in [0.717, 1.165) is 19.6 Å². The Balaban J connectivity index is 1.98. The SMILES string of the molecule is C[C@H](CN(CCN1CCOCC1)C(=O)c1ccccn1)NC(=O)OC(C)(C)C. The average Bonchev–Trinajstić information content (AvgIpc) is 2.64. The molecule has 0 spiro atoms. The average molecular weight is 393 g/mol. The summed E-state index contributed by atoms with van der Waals surface area (Å²) >= 11 is 0. The monoisotopic (exact) mass is 392 g/mol. The maximum absolute atomic E-state index is 12.9. The van der Waals surface area contributed by atoms with Crippen LogP contribution in [-0.4, -0.2) is 84.4 Å². The first-order valence-electron chi connectivity index (χ1n) is 9.74. The predicted octanol–water partition coefficient (Wildman–Crippen LogP) is 1.77. The van der Waals surface area contributed by atoms with Gasteiger partial charge in [0, 0.05) is 45.0 Å². The molecule has 1 N–H and O–H groups in total. The highest BCUT2D eigenvalue weighted by molar-refractivity contribution is 5.92. The van der Waals surface area contributed by atoms with Crippen LogP contribution >= 0.6 is 0 Å². The fourth-order valence-corrected chi connectivity index (χ4v) is 2.90. The fraction of sp³-hybridized carbons (Fsp3) is 0.650. The van der Waals surface area contributed by atoms with Gasteiger partial charge in [-0.1, -0.05) is 6.07 Å². The van der Waals surface area contributed by atoms with Gasteiger partial charge in [0.1, 0.15) is 11.3 Å². The summed E-state index contributed by atoms with van der Waals surface area (Å²) in [6.45, 7) is 12.1. The van der Waals surface area contributed by atoms with E-state index in [2.05, 4.69) is 15.2 Å². The summed E-state index contributed by atoms with van der Waals surface area (Å²) in [7, 11) is 0. The molecule has 1 aromatic heterocycles. The van der Waals surface area contributed by atoms with Gasteiger partial charge in [-0.3, -0.25) is 14.7 Å². The first-order chi connectivity index (χ1) is 13.2. The van der Waals surface area contributed by atoms with Crippen LogP contribution < -0.4 is 5.32 Å². The van der Waals surface area contributed by atoms with E-state index in [1.807, 2.05) is 27.7 Å². The molecule has 0 unspecified atom stereocenters. The first kappa shape index (κ1) is 22.1. The van der Waals surface area contributed by atoms with Gasteiger partial charge in [0.25, 0.3) is 5.91 Å². The third-order valence-corrected chi connectivity index (χ3v) is 4.22. The lowest BCUT2D eigenvalue weighted by atomic mass is 10.2. The molecule has 0 radical (unpaired) electrons. The third-order valence-electron chi connectivity index (χ3n) is 4.22. The van der Waals surface area contributed by atoms with Gasteiger partial charge in [-0.15, -0.1) is 0 Å². The Morgan fingerprint density at radius 2 is 2.04 bits per heavy atom. The van der Waals surface area contributed by atoms with Crippen molar-refractivity contribution >= 4 is 12.0 Å². The summed E-state index contributed by atoms with van der Waals surface area (Å²) in [5.74, 6) is -0.147. The van der Waals surface area contributed by atoms with Crippen molar-refractivity contribution in [1.82, 2.24) is 20.1 Å². The van der Waals surface area contributed by atoms with E-state index >= 15 is 0 Å². The minimum absolute atomic E-state index is 0.147. The van der Waals surface area contributed by atoms with Crippen LogP contribution in [0.3, 0.4) is 0 Å². The molecule has 8 heteroatoms. The summed E-state index contributed by atoms with van der Waals surface area (Å²) in [4.78, 5) is 33.2. The number of pyridine rings is 1. The fourth-order valence-electron chi connectivity index (χ4n) is 2.90. The summed E-state index contributed by atoms with van der Waals surface area (Å²) in [5, 5.41) is 2.80. The molecule has 1 aliphatic rings. The molecule has 1 aliphatic heterocycles. The smallest absolute Gasteiger partial charge is 0.407 e. The van der Waals surface area contributed by atoms with E-state index in [9.17, 15) is 9.59 Å². The number of rotatable bonds is 7. The Hall–Kier alpha value is -2.19. The van der Waals surface area contributed by atoms with E-state index in [4.69, 9.17) is 9.47 Å². The normalized spacial score (nSPS) is 16.3. The predicted molar refractivity (Wildman–Crippen MR) is 106 cm³/mol. The molecule has 2 amide bonds. The van der Waals surface area contributed by atoms with E-state index < -0.39 is 11.7 Å². The van der Waals surface area contributed by atoms with Crippen LogP contribution in [0, 0.1) is 0 Å². The Morgan fingerprint density at radius 1 is 1.32 bits per heavy atom. The van der Waals surface area contributed by atoms with Gasteiger partial charge >= 0.3 is 6.09 Å². The number of nitrogens with one attached hydrogen (secondary N) is 1. The standard InChI is InChI=1S/C20H32N4O4/c1-16(22-19(26)28-20(2,3)4)15-24(10-9-23-11-13-27-14-12-23)18(25)17-7-5-6-8-21-17/h5-8,16H,9-15H2,1-4H3,(H,22,26)/t16-/m1/s1. The molecule has 1 fully saturated rings. The number of ether oxygens (including phenoxy) is 2. The van der Waals surface area contributed by atoms with Crippen molar-refractivity contribution in [2.45, 2.75) is 39.3 Å². The van der Waals surface area contributed by atoms with Crippen molar-refractivity contribution in [3.63, 3.8) is 0 Å². The van der Waals surface area contributed by atoms with E-state index in [1.165, 1.54) is 0 Å². The topological polar surface area (TPSA) is 84.0 Å². The quantitative estimate of drug-likeness (QED) is 0.761. The van der Waals surface area contributed by atoms with Crippen molar-refractivity contribution in [3.8, 4) is 0 Å². The van der Waals surface area contributed by atoms with Gasteiger partial charge in [0.05, 0.1) is 13.2 Å². The molecule has 156 valence electrons. The van der Waals surface area contributed by atoms with Crippen LogP contribution in [0.2, 0.25) is 0 Å². The number of carbonyl (C=O) groups excluding carboxylic acids is 2. The highest BCUT2D eigenvalue weighted by atomic mass is 16.6. The molecule has 1 atom stereocenters. The highest BCUT2D eigenvalue weighted by Crippen LogP contribution is 2.08. The molecule has 2 rings (SSSR count). The van der Waals surface area contributed by atoms with Crippen LogP contribution in [0.4, 0.5) is 4.79 Å². The molecule has 0 aromatic carbocycles. The van der Waals surface area contributed by atoms with Gasteiger partial charge in [0.2, 0.25) is 0 Å². The number of aromatic nitrogens is 1. The lowest BCUT2D eigenvalue weighted by Crippen LogP contribution is -2.48. The Kier molecular flexibility index (Phi) is 8.19. The summed E-state index contributed by atoms with van der Waals surface area (Å²) in [6.07, 6.45) is 1.12. The van der Waals surface area contributed by atoms with Gasteiger partial charge < -0.3 is 19.7 Å². The molecular formula is C20H32N4O4. The lowest BCUT2D eigenvalue weighted by Gasteiger charge is -2.31. The van der Waals surface area contributed by atoms with Crippen molar-refractivity contribution in [1.29, 1.82) is 0 Å². The zero-order valence-electron chi connectivity index (χ0n) is 17.3. The maximum atomic E-state index is 12.9. The molecule has 0 saturated carbocycles. The van der Waals surface area contributed by atoms with Crippen molar-refractivity contribution in [2.75, 3.05) is 45.9 Å². The number of hydrogen-bond acceptors (Lipinski definition) is 6. The lowest BCUT2D eigenvalue weighted by molar-refractivity contribution is 0.0311. The van der Waals surface area contributed by atoms with Crippen LogP contribution in [0.15, 0.2) is 24.4 Å². The number of alkyl carbamates (subject to hydrolysis) is 1. The zero-order valence-corrected chi connectivity index (χ0v) is 17.3. The van der Waals surface area contributed by atoms with E-state index in [-0.39, 0.29) is 11.9 Å². The molecule has 0 aliphatic carbocycles. The van der Waals surface area contributed by atoms with Crippen molar-refractivity contribution < 1.29 is 19.1 Å². The van der Waals surface area contributed by atoms with Gasteiger partial charge in [-0.05, 0) is 39.8 Å². The van der Waals surface area contributed by atoms with Crippen LogP contribution in [0.1, 0.15) is 38.2 Å². The first-order valence-corrected chi connectivity index (χ1v) is 9.74. The van der Waals surface area contributed by atoms with Crippen molar-refractivity contribution in [3.05, 3.63) is 30.1 Å². The Labute approximate surface area is 167 Å². The largest absolute Gasteiger partial charge is 0.444 e. The van der Waals surface area contributed by atoms with Gasteiger partial charge in [-0.2, -0.15) is 0 Å². The summed E-state index contributed by atoms with van der Waals surface area (Å²) in [5.41, 5.74) is -0.169. The molecule has 0 bridgehead atoms. The molecule has 28 heavy (non-hydrogen) atoms. The molecule has 1 saturated heterocycles. The number of amides is 2. The number of hydrogen-bond donors (Lipinski definition) is 1. The number of morpholine rings is 1. The maximum Gasteiger partial charge on any atom is 0.407 e. The summed E-state index contributed by atoms with van der Waals surface area (Å²) in [6, 6.07) is 5.02. The molecule has 8 nitrogen and oxygen atoms in total. The minimum Gasteiger partial charge on any atom is -0.444 e. The van der Waals surface area contributed by atoms with Crippen LogP contribution in [0.5, 0.6) is 0 Å². The molecule has 2 heterocycles. The Bertz CT molecular complexity index is 627. The van der Waals surface area contributed by atoms with E-state index in [0.29, 0.717) is 32.0 Å². The van der Waals surface area contributed by atoms with Crippen LogP contribution in [0.25, 0.3) is 0 Å². The zero-order chi connectivity index (χ0) is 20.6. The molecule has 1 aromatic rings. The number of nitrogens with zero attached hydrogens (tertiary/aromatic N) is 3. The minimum atomic E-state index is -0.566. The third kappa shape index (κ3) is 7.82. The highest BCUT2D eigenvalue weighted by Gasteiger charge is 2.23. The summed E-state index contributed by atoms with van der Waals surface area (Å²) < 4.78 is 10.7. The van der Waals surface area contributed by atoms with E-state index in [1.54, 1.807) is 29.3 Å².